The van der Waals surface area contributed by atoms with Crippen LogP contribution in [0.4, 0.5) is 11.4 Å². The summed E-state index contributed by atoms with van der Waals surface area (Å²) < 4.78 is 5.49. The zero-order valence-corrected chi connectivity index (χ0v) is 10.9. The molecule has 0 saturated heterocycles. The highest BCUT2D eigenvalue weighted by Gasteiger charge is 2.12. The van der Waals surface area contributed by atoms with Crippen LogP contribution in [0.25, 0.3) is 0 Å². The van der Waals surface area contributed by atoms with Crippen LogP contribution in [-0.2, 0) is 11.3 Å². The van der Waals surface area contributed by atoms with Crippen molar-refractivity contribution in [3.8, 4) is 0 Å². The van der Waals surface area contributed by atoms with Crippen LogP contribution in [0.1, 0.15) is 5.56 Å². The summed E-state index contributed by atoms with van der Waals surface area (Å²) in [5.41, 5.74) is 1.52. The highest BCUT2D eigenvalue weighted by Crippen LogP contribution is 2.21. The van der Waals surface area contributed by atoms with E-state index >= 15 is 0 Å². The van der Waals surface area contributed by atoms with Crippen molar-refractivity contribution in [1.29, 1.82) is 0 Å². The van der Waals surface area contributed by atoms with Crippen molar-refractivity contribution in [3.63, 3.8) is 0 Å². The Hall–Kier alpha value is -2.47. The summed E-state index contributed by atoms with van der Waals surface area (Å²) in [6.07, 6.45) is 2.74. The predicted octanol–water partition coefficient (Wildman–Crippen LogP) is 2.62. The quantitative estimate of drug-likeness (QED) is 0.476. The van der Waals surface area contributed by atoms with E-state index in [0.717, 1.165) is 5.56 Å². The van der Waals surface area contributed by atoms with Gasteiger partial charge in [-0.05, 0) is 11.6 Å². The number of rotatable bonds is 7. The Labute approximate surface area is 116 Å². The predicted molar refractivity (Wildman–Crippen MR) is 75.5 cm³/mol. The average Bonchev–Trinajstić information content (AvgIpc) is 2.48. The van der Waals surface area contributed by atoms with Crippen LogP contribution in [0, 0.1) is 10.1 Å². The standard InChI is InChI=1S/C14H15N3O3/c18-17(19)14-10-15-7-6-13(14)16-8-9-20-11-12-4-2-1-3-5-12/h1-7,10H,8-9,11H2,(H,15,16). The second kappa shape index (κ2) is 7.20. The molecule has 1 N–H and O–H groups in total. The molecule has 0 saturated carbocycles. The van der Waals surface area contributed by atoms with Gasteiger partial charge >= 0.3 is 5.69 Å². The van der Waals surface area contributed by atoms with E-state index < -0.39 is 4.92 Å². The number of pyridine rings is 1. The molecular formula is C14H15N3O3. The number of nitrogens with zero attached hydrogens (tertiary/aromatic N) is 2. The van der Waals surface area contributed by atoms with Crippen LogP contribution in [0.3, 0.4) is 0 Å². The number of aromatic nitrogens is 1. The first-order valence-corrected chi connectivity index (χ1v) is 6.21. The number of ether oxygens (including phenoxy) is 1. The first kappa shape index (κ1) is 14.0. The Morgan fingerprint density at radius 3 is 2.80 bits per heavy atom. The molecule has 0 bridgehead atoms. The zero-order chi connectivity index (χ0) is 14.2. The SMILES string of the molecule is O=[N+]([O-])c1cnccc1NCCOCc1ccccc1. The van der Waals surface area contributed by atoms with Crippen LogP contribution in [0.15, 0.2) is 48.8 Å². The van der Waals surface area contributed by atoms with E-state index in [0.29, 0.717) is 25.4 Å². The molecule has 0 aliphatic heterocycles. The summed E-state index contributed by atoms with van der Waals surface area (Å²) in [5.74, 6) is 0. The fourth-order valence-corrected chi connectivity index (χ4v) is 1.70. The average molecular weight is 273 g/mol. The maximum absolute atomic E-state index is 10.8. The fraction of sp³-hybridized carbons (Fsp3) is 0.214. The molecule has 2 rings (SSSR count). The molecular weight excluding hydrogens is 258 g/mol. The van der Waals surface area contributed by atoms with Crippen LogP contribution in [0.5, 0.6) is 0 Å². The van der Waals surface area contributed by atoms with E-state index in [2.05, 4.69) is 10.3 Å². The van der Waals surface area contributed by atoms with Gasteiger partial charge in [0.25, 0.3) is 0 Å². The Morgan fingerprint density at radius 1 is 1.25 bits per heavy atom. The minimum Gasteiger partial charge on any atom is -0.377 e. The molecule has 6 nitrogen and oxygen atoms in total. The molecule has 0 spiro atoms. The Bertz CT molecular complexity index is 561. The topological polar surface area (TPSA) is 77.3 Å². The third-order valence-electron chi connectivity index (χ3n) is 2.67. The molecule has 6 heteroatoms. The summed E-state index contributed by atoms with van der Waals surface area (Å²) in [5, 5.41) is 13.8. The molecule has 1 aromatic heterocycles. The van der Waals surface area contributed by atoms with E-state index in [1.54, 1.807) is 6.07 Å². The number of nitrogens with one attached hydrogen (secondary N) is 1. The lowest BCUT2D eigenvalue weighted by Gasteiger charge is -2.07. The Balaban J connectivity index is 1.75. The van der Waals surface area contributed by atoms with Gasteiger partial charge in [0.2, 0.25) is 0 Å². The molecule has 20 heavy (non-hydrogen) atoms. The van der Waals surface area contributed by atoms with Gasteiger partial charge in [-0.15, -0.1) is 0 Å². The maximum atomic E-state index is 10.8. The normalized spacial score (nSPS) is 10.2. The van der Waals surface area contributed by atoms with Gasteiger partial charge in [0, 0.05) is 12.7 Å². The zero-order valence-electron chi connectivity index (χ0n) is 10.9. The molecule has 0 unspecified atom stereocenters. The largest absolute Gasteiger partial charge is 0.377 e. The number of hydrogen-bond acceptors (Lipinski definition) is 5. The van der Waals surface area contributed by atoms with Gasteiger partial charge in [-0.1, -0.05) is 30.3 Å². The minimum absolute atomic E-state index is 0.0319. The van der Waals surface area contributed by atoms with Gasteiger partial charge in [0.15, 0.2) is 0 Å². The van der Waals surface area contributed by atoms with Crippen molar-refractivity contribution >= 4 is 11.4 Å². The van der Waals surface area contributed by atoms with E-state index in [-0.39, 0.29) is 5.69 Å². The molecule has 2 aromatic rings. The lowest BCUT2D eigenvalue weighted by atomic mass is 10.2. The summed E-state index contributed by atoms with van der Waals surface area (Å²) >= 11 is 0. The van der Waals surface area contributed by atoms with Gasteiger partial charge in [-0.2, -0.15) is 0 Å². The van der Waals surface area contributed by atoms with Gasteiger partial charge in [-0.3, -0.25) is 15.1 Å². The molecule has 0 fully saturated rings. The van der Waals surface area contributed by atoms with E-state index in [1.165, 1.54) is 12.4 Å². The van der Waals surface area contributed by atoms with Crippen molar-refractivity contribution < 1.29 is 9.66 Å². The lowest BCUT2D eigenvalue weighted by molar-refractivity contribution is -0.384. The van der Waals surface area contributed by atoms with Crippen molar-refractivity contribution in [2.45, 2.75) is 6.61 Å². The molecule has 1 aromatic carbocycles. The van der Waals surface area contributed by atoms with Crippen LogP contribution in [-0.4, -0.2) is 23.1 Å². The highest BCUT2D eigenvalue weighted by molar-refractivity contribution is 5.59. The van der Waals surface area contributed by atoms with E-state index in [9.17, 15) is 10.1 Å². The van der Waals surface area contributed by atoms with Crippen LogP contribution < -0.4 is 5.32 Å². The summed E-state index contributed by atoms with van der Waals surface area (Å²) in [4.78, 5) is 14.1. The van der Waals surface area contributed by atoms with Crippen LogP contribution >= 0.6 is 0 Å². The molecule has 0 aliphatic carbocycles. The van der Waals surface area contributed by atoms with Gasteiger partial charge in [-0.25, -0.2) is 0 Å². The van der Waals surface area contributed by atoms with Crippen molar-refractivity contribution in [2.75, 3.05) is 18.5 Å². The smallest absolute Gasteiger partial charge is 0.310 e. The molecule has 104 valence electrons. The molecule has 0 radical (unpaired) electrons. The highest BCUT2D eigenvalue weighted by atomic mass is 16.6. The fourth-order valence-electron chi connectivity index (χ4n) is 1.70. The van der Waals surface area contributed by atoms with Gasteiger partial charge in [0.1, 0.15) is 11.9 Å². The summed E-state index contributed by atoms with van der Waals surface area (Å²) in [7, 11) is 0. The van der Waals surface area contributed by atoms with Gasteiger partial charge in [0.05, 0.1) is 18.1 Å². The van der Waals surface area contributed by atoms with E-state index in [1.807, 2.05) is 30.3 Å². The second-order valence-corrected chi connectivity index (χ2v) is 4.11. The molecule has 0 amide bonds. The third-order valence-corrected chi connectivity index (χ3v) is 2.67. The van der Waals surface area contributed by atoms with Crippen LogP contribution in [0.2, 0.25) is 0 Å². The van der Waals surface area contributed by atoms with Gasteiger partial charge < -0.3 is 10.1 Å². The maximum Gasteiger partial charge on any atom is 0.310 e. The number of benzene rings is 1. The van der Waals surface area contributed by atoms with Crippen molar-refractivity contribution in [3.05, 3.63) is 64.5 Å². The Kier molecular flexibility index (Phi) is 5.02. The third kappa shape index (κ3) is 4.03. The first-order chi connectivity index (χ1) is 9.77. The van der Waals surface area contributed by atoms with Crippen molar-refractivity contribution in [2.24, 2.45) is 0 Å². The number of hydrogen-bond donors (Lipinski definition) is 1. The summed E-state index contributed by atoms with van der Waals surface area (Å²) in [6.45, 7) is 1.49. The number of nitro groups is 1. The second-order valence-electron chi connectivity index (χ2n) is 4.11. The monoisotopic (exact) mass is 273 g/mol. The Morgan fingerprint density at radius 2 is 2.05 bits per heavy atom. The summed E-state index contributed by atoms with van der Waals surface area (Å²) in [6, 6.07) is 11.4. The van der Waals surface area contributed by atoms with E-state index in [4.69, 9.17) is 4.74 Å². The molecule has 0 atom stereocenters. The molecule has 0 aliphatic rings. The minimum atomic E-state index is -0.458. The lowest BCUT2D eigenvalue weighted by Crippen LogP contribution is -2.10. The van der Waals surface area contributed by atoms with Crippen molar-refractivity contribution in [1.82, 2.24) is 4.98 Å². The first-order valence-electron chi connectivity index (χ1n) is 6.21. The number of anilines is 1. The molecule has 1 heterocycles.